The fourth-order valence-corrected chi connectivity index (χ4v) is 3.35. The van der Waals surface area contributed by atoms with Crippen molar-refractivity contribution in [2.75, 3.05) is 32.7 Å². The summed E-state index contributed by atoms with van der Waals surface area (Å²) in [5.41, 5.74) is 0. The maximum absolute atomic E-state index is 10.9. The number of nitrogens with zero attached hydrogens (tertiary/aromatic N) is 2. The maximum Gasteiger partial charge on any atom is 0.306 e. The number of hydrogen-bond donors (Lipinski definition) is 1. The van der Waals surface area contributed by atoms with Gasteiger partial charge in [0.2, 0.25) is 0 Å². The minimum Gasteiger partial charge on any atom is -0.481 e. The Morgan fingerprint density at radius 3 is 2.26 bits per heavy atom. The van der Waals surface area contributed by atoms with E-state index in [2.05, 4.69) is 23.6 Å². The Balaban J connectivity index is 1.69. The molecule has 1 atom stereocenters. The molecule has 2 saturated heterocycles. The summed E-state index contributed by atoms with van der Waals surface area (Å²) in [6.45, 7) is 12.0. The zero-order valence-electron chi connectivity index (χ0n) is 12.5. The molecule has 19 heavy (non-hydrogen) atoms. The predicted molar refractivity (Wildman–Crippen MR) is 76.2 cm³/mol. The molecular weight excluding hydrogens is 240 g/mol. The monoisotopic (exact) mass is 268 g/mol. The van der Waals surface area contributed by atoms with Crippen LogP contribution in [0.5, 0.6) is 0 Å². The quantitative estimate of drug-likeness (QED) is 0.825. The Morgan fingerprint density at radius 1 is 1.21 bits per heavy atom. The summed E-state index contributed by atoms with van der Waals surface area (Å²) >= 11 is 0. The smallest absolute Gasteiger partial charge is 0.306 e. The van der Waals surface area contributed by atoms with Gasteiger partial charge in [-0.15, -0.1) is 0 Å². The topological polar surface area (TPSA) is 43.8 Å². The summed E-state index contributed by atoms with van der Waals surface area (Å²) in [5.74, 6) is 0.293. The fourth-order valence-electron chi connectivity index (χ4n) is 3.35. The molecule has 0 aliphatic carbocycles. The van der Waals surface area contributed by atoms with Gasteiger partial charge in [0.15, 0.2) is 0 Å². The standard InChI is InChI=1S/C15H28N2O2/c1-11(2)8-16-6-4-14(5-7-16)17-9-13(10-17)12(3)15(18)19/h11-14H,4-10H2,1-3H3,(H,18,19). The van der Waals surface area contributed by atoms with E-state index in [1.165, 1.54) is 32.5 Å². The molecule has 2 aliphatic rings. The molecule has 0 radical (unpaired) electrons. The van der Waals surface area contributed by atoms with Gasteiger partial charge in [-0.05, 0) is 37.8 Å². The number of piperidine rings is 1. The van der Waals surface area contributed by atoms with Crippen LogP contribution in [0.1, 0.15) is 33.6 Å². The van der Waals surface area contributed by atoms with Crippen LogP contribution in [0.15, 0.2) is 0 Å². The molecule has 2 fully saturated rings. The first-order valence-electron chi connectivity index (χ1n) is 7.66. The minimum absolute atomic E-state index is 0.183. The summed E-state index contributed by atoms with van der Waals surface area (Å²) in [4.78, 5) is 16.0. The van der Waals surface area contributed by atoms with Crippen molar-refractivity contribution >= 4 is 5.97 Å². The number of likely N-dealkylation sites (tertiary alicyclic amines) is 2. The Morgan fingerprint density at radius 2 is 1.79 bits per heavy atom. The van der Waals surface area contributed by atoms with E-state index in [9.17, 15) is 4.79 Å². The molecule has 0 aromatic heterocycles. The van der Waals surface area contributed by atoms with Gasteiger partial charge in [0.05, 0.1) is 5.92 Å². The maximum atomic E-state index is 10.9. The highest BCUT2D eigenvalue weighted by Crippen LogP contribution is 2.29. The molecule has 2 rings (SSSR count). The molecule has 0 amide bonds. The normalized spacial score (nSPS) is 25.5. The molecule has 0 saturated carbocycles. The zero-order valence-corrected chi connectivity index (χ0v) is 12.5. The van der Waals surface area contributed by atoms with Crippen LogP contribution in [0.4, 0.5) is 0 Å². The molecule has 1 N–H and O–H groups in total. The molecule has 0 bridgehead atoms. The molecule has 0 aromatic rings. The van der Waals surface area contributed by atoms with Gasteiger partial charge in [-0.3, -0.25) is 9.69 Å². The van der Waals surface area contributed by atoms with Crippen molar-refractivity contribution in [3.8, 4) is 0 Å². The van der Waals surface area contributed by atoms with Crippen molar-refractivity contribution in [1.29, 1.82) is 0 Å². The first kappa shape index (κ1) is 14.8. The Bertz CT molecular complexity index is 305. The van der Waals surface area contributed by atoms with E-state index in [4.69, 9.17) is 5.11 Å². The van der Waals surface area contributed by atoms with Gasteiger partial charge in [0, 0.05) is 25.7 Å². The summed E-state index contributed by atoms with van der Waals surface area (Å²) in [6.07, 6.45) is 2.50. The van der Waals surface area contributed by atoms with Crippen LogP contribution in [0.2, 0.25) is 0 Å². The average molecular weight is 268 g/mol. The second kappa shape index (κ2) is 6.23. The van der Waals surface area contributed by atoms with Gasteiger partial charge in [0.1, 0.15) is 0 Å². The molecule has 2 heterocycles. The van der Waals surface area contributed by atoms with Crippen LogP contribution in [0.3, 0.4) is 0 Å². The first-order valence-corrected chi connectivity index (χ1v) is 7.66. The summed E-state index contributed by atoms with van der Waals surface area (Å²) in [7, 11) is 0. The van der Waals surface area contributed by atoms with Crippen LogP contribution in [-0.2, 0) is 4.79 Å². The lowest BCUT2D eigenvalue weighted by molar-refractivity contribution is -0.146. The lowest BCUT2D eigenvalue weighted by Crippen LogP contribution is -2.57. The van der Waals surface area contributed by atoms with Gasteiger partial charge in [-0.25, -0.2) is 0 Å². The van der Waals surface area contributed by atoms with E-state index in [-0.39, 0.29) is 5.92 Å². The third-order valence-corrected chi connectivity index (χ3v) is 4.73. The van der Waals surface area contributed by atoms with E-state index in [1.54, 1.807) is 0 Å². The number of carboxylic acids is 1. The fraction of sp³-hybridized carbons (Fsp3) is 0.933. The molecule has 2 aliphatic heterocycles. The molecule has 4 heteroatoms. The summed E-state index contributed by atoms with van der Waals surface area (Å²) in [5, 5.41) is 9.01. The molecule has 0 spiro atoms. The predicted octanol–water partition coefficient (Wildman–Crippen LogP) is 1.76. The van der Waals surface area contributed by atoms with Gasteiger partial charge in [0.25, 0.3) is 0 Å². The van der Waals surface area contributed by atoms with Gasteiger partial charge in [-0.1, -0.05) is 20.8 Å². The van der Waals surface area contributed by atoms with Crippen molar-refractivity contribution in [2.24, 2.45) is 17.8 Å². The van der Waals surface area contributed by atoms with E-state index in [0.717, 1.165) is 19.0 Å². The third-order valence-electron chi connectivity index (χ3n) is 4.73. The lowest BCUT2D eigenvalue weighted by atomic mass is 9.84. The summed E-state index contributed by atoms with van der Waals surface area (Å²) < 4.78 is 0. The van der Waals surface area contributed by atoms with Crippen LogP contribution in [0, 0.1) is 17.8 Å². The summed E-state index contributed by atoms with van der Waals surface area (Å²) in [6, 6.07) is 0.695. The van der Waals surface area contributed by atoms with E-state index >= 15 is 0 Å². The minimum atomic E-state index is -0.642. The average Bonchev–Trinajstić information content (AvgIpc) is 2.28. The molecule has 4 nitrogen and oxygen atoms in total. The second-order valence-electron chi connectivity index (χ2n) is 6.77. The number of aliphatic carboxylic acids is 1. The van der Waals surface area contributed by atoms with Crippen LogP contribution in [0.25, 0.3) is 0 Å². The third kappa shape index (κ3) is 3.69. The van der Waals surface area contributed by atoms with E-state index in [1.807, 2.05) is 6.92 Å². The SMILES string of the molecule is CC(C)CN1CCC(N2CC(C(C)C(=O)O)C2)CC1. The number of carbonyl (C=O) groups is 1. The highest BCUT2D eigenvalue weighted by atomic mass is 16.4. The van der Waals surface area contributed by atoms with Gasteiger partial charge >= 0.3 is 5.97 Å². The lowest BCUT2D eigenvalue weighted by Gasteiger charge is -2.48. The van der Waals surface area contributed by atoms with Gasteiger partial charge in [-0.2, -0.15) is 0 Å². The van der Waals surface area contributed by atoms with Crippen molar-refractivity contribution in [3.63, 3.8) is 0 Å². The molecule has 110 valence electrons. The number of carboxylic acid groups (broad SMARTS) is 1. The highest BCUT2D eigenvalue weighted by Gasteiger charge is 2.38. The van der Waals surface area contributed by atoms with E-state index < -0.39 is 5.97 Å². The van der Waals surface area contributed by atoms with Crippen molar-refractivity contribution in [3.05, 3.63) is 0 Å². The zero-order chi connectivity index (χ0) is 14.0. The van der Waals surface area contributed by atoms with Crippen molar-refractivity contribution in [2.45, 2.75) is 39.7 Å². The largest absolute Gasteiger partial charge is 0.481 e. The van der Waals surface area contributed by atoms with Gasteiger partial charge < -0.3 is 10.0 Å². The van der Waals surface area contributed by atoms with Crippen molar-refractivity contribution in [1.82, 2.24) is 9.80 Å². The highest BCUT2D eigenvalue weighted by molar-refractivity contribution is 5.70. The van der Waals surface area contributed by atoms with Crippen LogP contribution in [-0.4, -0.2) is 59.6 Å². The Hall–Kier alpha value is -0.610. The number of rotatable bonds is 5. The molecular formula is C15H28N2O2. The Kier molecular flexibility index (Phi) is 4.85. The molecule has 1 unspecified atom stereocenters. The second-order valence-corrected chi connectivity index (χ2v) is 6.77. The number of hydrogen-bond acceptors (Lipinski definition) is 3. The van der Waals surface area contributed by atoms with Crippen molar-refractivity contribution < 1.29 is 9.90 Å². The van der Waals surface area contributed by atoms with Crippen LogP contribution < -0.4 is 0 Å². The van der Waals surface area contributed by atoms with Crippen LogP contribution >= 0.6 is 0 Å². The Labute approximate surface area is 116 Å². The molecule has 0 aromatic carbocycles. The van der Waals surface area contributed by atoms with E-state index in [0.29, 0.717) is 12.0 Å². The first-order chi connectivity index (χ1) is 8.97.